The Labute approximate surface area is 124 Å². The van der Waals surface area contributed by atoms with E-state index in [1.165, 1.54) is 6.07 Å². The van der Waals surface area contributed by atoms with Gasteiger partial charge in [0.2, 0.25) is 0 Å². The first-order valence-corrected chi connectivity index (χ1v) is 7.96. The molecule has 2 N–H and O–H groups in total. The molecule has 0 atom stereocenters. The Morgan fingerprint density at radius 1 is 1.14 bits per heavy atom. The van der Waals surface area contributed by atoms with Crippen molar-refractivity contribution in [3.05, 3.63) is 48.0 Å². The van der Waals surface area contributed by atoms with E-state index in [1.807, 2.05) is 6.92 Å². The van der Waals surface area contributed by atoms with Crippen LogP contribution in [0.4, 0.5) is 5.69 Å². The van der Waals surface area contributed by atoms with Gasteiger partial charge in [0.25, 0.3) is 10.0 Å². The minimum Gasteiger partial charge on any atom is -0.506 e. The second kappa shape index (κ2) is 6.05. The number of aromatic hydroxyl groups is 1. The zero-order valence-electron chi connectivity index (χ0n) is 11.8. The third-order valence-electron chi connectivity index (χ3n) is 2.91. The number of para-hydroxylation sites is 1. The summed E-state index contributed by atoms with van der Waals surface area (Å²) in [5.41, 5.74) is 0.906. The van der Waals surface area contributed by atoms with Crippen LogP contribution in [0.2, 0.25) is 0 Å². The molecule has 0 heterocycles. The molecule has 0 fully saturated rings. The maximum atomic E-state index is 12.3. The lowest BCUT2D eigenvalue weighted by atomic mass is 10.2. The summed E-state index contributed by atoms with van der Waals surface area (Å²) >= 11 is 0. The summed E-state index contributed by atoms with van der Waals surface area (Å²) in [5.74, 6) is 0.426. The molecule has 6 heteroatoms. The fourth-order valence-corrected chi connectivity index (χ4v) is 3.07. The SMILES string of the molecule is CCOc1ccc(NS(=O)(=O)c2cccc(C)c2O)cc1. The molecule has 0 saturated carbocycles. The monoisotopic (exact) mass is 307 g/mol. The van der Waals surface area contributed by atoms with Gasteiger partial charge in [-0.15, -0.1) is 0 Å². The first kappa shape index (κ1) is 15.2. The van der Waals surface area contributed by atoms with Crippen molar-refractivity contribution in [3.8, 4) is 11.5 Å². The van der Waals surface area contributed by atoms with Crippen LogP contribution in [0, 0.1) is 6.92 Å². The largest absolute Gasteiger partial charge is 0.506 e. The van der Waals surface area contributed by atoms with E-state index in [0.29, 0.717) is 23.6 Å². The fraction of sp³-hybridized carbons (Fsp3) is 0.200. The summed E-state index contributed by atoms with van der Waals surface area (Å²) < 4.78 is 32.3. The zero-order valence-corrected chi connectivity index (χ0v) is 12.6. The molecule has 0 aromatic heterocycles. The number of hydrogen-bond donors (Lipinski definition) is 2. The van der Waals surface area contributed by atoms with Crippen LogP contribution < -0.4 is 9.46 Å². The van der Waals surface area contributed by atoms with Crippen molar-refractivity contribution < 1.29 is 18.3 Å². The van der Waals surface area contributed by atoms with Gasteiger partial charge in [-0.1, -0.05) is 12.1 Å². The highest BCUT2D eigenvalue weighted by molar-refractivity contribution is 7.92. The molecule has 112 valence electrons. The second-order valence-electron chi connectivity index (χ2n) is 4.48. The highest BCUT2D eigenvalue weighted by Gasteiger charge is 2.19. The van der Waals surface area contributed by atoms with Crippen molar-refractivity contribution in [2.24, 2.45) is 0 Å². The Bertz CT molecular complexity index is 724. The van der Waals surface area contributed by atoms with Gasteiger partial charge in [0.05, 0.1) is 6.61 Å². The van der Waals surface area contributed by atoms with Crippen LogP contribution in [0.15, 0.2) is 47.4 Å². The lowest BCUT2D eigenvalue weighted by molar-refractivity contribution is 0.340. The Morgan fingerprint density at radius 2 is 1.81 bits per heavy atom. The first-order valence-electron chi connectivity index (χ1n) is 6.48. The number of hydrogen-bond acceptors (Lipinski definition) is 4. The summed E-state index contributed by atoms with van der Waals surface area (Å²) in [4.78, 5) is -0.142. The number of sulfonamides is 1. The maximum Gasteiger partial charge on any atom is 0.265 e. The molecular formula is C15H17NO4S. The third-order valence-corrected chi connectivity index (χ3v) is 4.32. The van der Waals surface area contributed by atoms with Crippen molar-refractivity contribution in [1.82, 2.24) is 0 Å². The van der Waals surface area contributed by atoms with Crippen molar-refractivity contribution in [1.29, 1.82) is 0 Å². The van der Waals surface area contributed by atoms with E-state index in [4.69, 9.17) is 4.74 Å². The molecule has 0 saturated heterocycles. The van der Waals surface area contributed by atoms with Gasteiger partial charge >= 0.3 is 0 Å². The van der Waals surface area contributed by atoms with Gasteiger partial charge in [0, 0.05) is 5.69 Å². The van der Waals surface area contributed by atoms with Crippen LogP contribution in [0.1, 0.15) is 12.5 Å². The Balaban J connectivity index is 2.27. The summed E-state index contributed by atoms with van der Waals surface area (Å²) in [7, 11) is -3.83. The average molecular weight is 307 g/mol. The normalized spacial score (nSPS) is 11.1. The molecule has 0 radical (unpaired) electrons. The predicted octanol–water partition coefficient (Wildman–Crippen LogP) is 2.90. The van der Waals surface area contributed by atoms with E-state index in [9.17, 15) is 13.5 Å². The molecule has 5 nitrogen and oxygen atoms in total. The van der Waals surface area contributed by atoms with Crippen LogP contribution in [-0.4, -0.2) is 20.1 Å². The Morgan fingerprint density at radius 3 is 2.43 bits per heavy atom. The maximum absolute atomic E-state index is 12.3. The van der Waals surface area contributed by atoms with Crippen molar-refractivity contribution in [3.63, 3.8) is 0 Å². The summed E-state index contributed by atoms with van der Waals surface area (Å²) in [6.45, 7) is 4.06. The molecule has 0 aliphatic heterocycles. The summed E-state index contributed by atoms with van der Waals surface area (Å²) in [6, 6.07) is 11.2. The molecule has 2 aromatic carbocycles. The third kappa shape index (κ3) is 3.46. The van der Waals surface area contributed by atoms with Crippen molar-refractivity contribution >= 4 is 15.7 Å². The number of nitrogens with one attached hydrogen (secondary N) is 1. The molecule has 0 aliphatic carbocycles. The van der Waals surface area contributed by atoms with Gasteiger partial charge in [0.15, 0.2) is 0 Å². The summed E-state index contributed by atoms with van der Waals surface area (Å²) in [6.07, 6.45) is 0. The number of ether oxygens (including phenoxy) is 1. The second-order valence-corrected chi connectivity index (χ2v) is 6.14. The van der Waals surface area contributed by atoms with E-state index in [0.717, 1.165) is 0 Å². The first-order chi connectivity index (χ1) is 9.94. The van der Waals surface area contributed by atoms with Crippen LogP contribution in [-0.2, 0) is 10.0 Å². The van der Waals surface area contributed by atoms with E-state index in [1.54, 1.807) is 43.3 Å². The van der Waals surface area contributed by atoms with E-state index >= 15 is 0 Å². The molecule has 21 heavy (non-hydrogen) atoms. The fourth-order valence-electron chi connectivity index (χ4n) is 1.84. The smallest absolute Gasteiger partial charge is 0.265 e. The van der Waals surface area contributed by atoms with Gasteiger partial charge < -0.3 is 9.84 Å². The standard InChI is InChI=1S/C15H17NO4S/c1-3-20-13-9-7-12(8-10-13)16-21(18,19)14-6-4-5-11(2)15(14)17/h4-10,16-17H,3H2,1-2H3. The molecule has 2 rings (SSSR count). The van der Waals surface area contributed by atoms with Crippen molar-refractivity contribution in [2.75, 3.05) is 11.3 Å². The topological polar surface area (TPSA) is 75.6 Å². The number of rotatable bonds is 5. The molecule has 2 aromatic rings. The minimum atomic E-state index is -3.83. The highest BCUT2D eigenvalue weighted by atomic mass is 32.2. The van der Waals surface area contributed by atoms with E-state index in [-0.39, 0.29) is 10.6 Å². The average Bonchev–Trinajstić information content (AvgIpc) is 2.44. The number of phenolic OH excluding ortho intramolecular Hbond substituents is 1. The van der Waals surface area contributed by atoms with Crippen LogP contribution in [0.25, 0.3) is 0 Å². The van der Waals surface area contributed by atoms with E-state index in [2.05, 4.69) is 4.72 Å². The molecule has 0 bridgehead atoms. The number of benzene rings is 2. The van der Waals surface area contributed by atoms with Gasteiger partial charge in [-0.2, -0.15) is 0 Å². The van der Waals surface area contributed by atoms with Gasteiger partial charge in [0.1, 0.15) is 16.4 Å². The molecule has 0 spiro atoms. The Hall–Kier alpha value is -2.21. The molecule has 0 aliphatic rings. The van der Waals surface area contributed by atoms with Crippen molar-refractivity contribution in [2.45, 2.75) is 18.7 Å². The Kier molecular flexibility index (Phi) is 4.37. The highest BCUT2D eigenvalue weighted by Crippen LogP contribution is 2.28. The number of anilines is 1. The van der Waals surface area contributed by atoms with Crippen LogP contribution in [0.5, 0.6) is 11.5 Å². The van der Waals surface area contributed by atoms with Gasteiger partial charge in [-0.05, 0) is 49.7 Å². The van der Waals surface area contributed by atoms with Gasteiger partial charge in [-0.25, -0.2) is 8.42 Å². The van der Waals surface area contributed by atoms with Crippen LogP contribution >= 0.6 is 0 Å². The van der Waals surface area contributed by atoms with E-state index < -0.39 is 10.0 Å². The number of phenols is 1. The quantitative estimate of drug-likeness (QED) is 0.890. The zero-order chi connectivity index (χ0) is 15.5. The number of aryl methyl sites for hydroxylation is 1. The summed E-state index contributed by atoms with van der Waals surface area (Å²) in [5, 5.41) is 9.89. The van der Waals surface area contributed by atoms with Crippen LogP contribution in [0.3, 0.4) is 0 Å². The lowest BCUT2D eigenvalue weighted by Crippen LogP contribution is -2.13. The molecule has 0 amide bonds. The molecule has 0 unspecified atom stereocenters. The van der Waals surface area contributed by atoms with Gasteiger partial charge in [-0.3, -0.25) is 4.72 Å². The predicted molar refractivity (Wildman–Crippen MR) is 81.3 cm³/mol. The minimum absolute atomic E-state index is 0.142. The molecular weight excluding hydrogens is 290 g/mol. The lowest BCUT2D eigenvalue weighted by Gasteiger charge is -2.11.